The Bertz CT molecular complexity index is 957. The fourth-order valence-electron chi connectivity index (χ4n) is 2.59. The number of amides is 1. The number of anilines is 1. The van der Waals surface area contributed by atoms with E-state index in [0.717, 1.165) is 0 Å². The van der Waals surface area contributed by atoms with Crippen molar-refractivity contribution in [2.75, 3.05) is 5.32 Å². The Morgan fingerprint density at radius 1 is 0.923 bits per heavy atom. The van der Waals surface area contributed by atoms with Crippen LogP contribution in [0.2, 0.25) is 5.02 Å². The normalized spacial score (nSPS) is 10.4. The molecule has 0 aliphatic rings. The molecule has 0 radical (unpaired) electrons. The summed E-state index contributed by atoms with van der Waals surface area (Å²) in [5.74, 6) is -0.990. The smallest absolute Gasteiger partial charge is 0.228 e. The molecule has 1 N–H and O–H groups in total. The van der Waals surface area contributed by atoms with Gasteiger partial charge in [0.2, 0.25) is 5.91 Å². The summed E-state index contributed by atoms with van der Waals surface area (Å²) in [7, 11) is 0. The molecule has 0 saturated heterocycles. The van der Waals surface area contributed by atoms with Crippen LogP contribution >= 0.6 is 11.6 Å². The highest BCUT2D eigenvalue weighted by Gasteiger charge is 2.16. The molecule has 0 fully saturated rings. The lowest BCUT2D eigenvalue weighted by Crippen LogP contribution is -2.17. The van der Waals surface area contributed by atoms with Crippen molar-refractivity contribution < 1.29 is 14.0 Å². The van der Waals surface area contributed by atoms with Gasteiger partial charge in [0, 0.05) is 16.1 Å². The fourth-order valence-corrected chi connectivity index (χ4v) is 2.76. The van der Waals surface area contributed by atoms with Crippen molar-refractivity contribution in [2.45, 2.75) is 6.42 Å². The Hall–Kier alpha value is -2.98. The molecule has 0 atom stereocenters. The van der Waals surface area contributed by atoms with Gasteiger partial charge in [0.25, 0.3) is 0 Å². The van der Waals surface area contributed by atoms with Crippen LogP contribution in [-0.2, 0) is 11.2 Å². The van der Waals surface area contributed by atoms with Crippen LogP contribution in [0.25, 0.3) is 0 Å². The highest BCUT2D eigenvalue weighted by molar-refractivity contribution is 6.31. The number of nitrogens with one attached hydrogen (secondary N) is 1. The molecule has 0 saturated carbocycles. The van der Waals surface area contributed by atoms with Gasteiger partial charge in [0.05, 0.1) is 12.1 Å². The lowest BCUT2D eigenvalue weighted by molar-refractivity contribution is -0.115. The van der Waals surface area contributed by atoms with E-state index in [0.29, 0.717) is 27.4 Å². The fraction of sp³-hybridized carbons (Fsp3) is 0.0476. The first-order valence-electron chi connectivity index (χ1n) is 7.96. The number of halogens is 2. The third kappa shape index (κ3) is 4.35. The summed E-state index contributed by atoms with van der Waals surface area (Å²) in [6.07, 6.45) is -0.000641. The predicted molar refractivity (Wildman–Crippen MR) is 100 cm³/mol. The number of rotatable bonds is 5. The van der Waals surface area contributed by atoms with Crippen molar-refractivity contribution >= 4 is 29.0 Å². The second-order valence-electron chi connectivity index (χ2n) is 5.74. The second kappa shape index (κ2) is 7.93. The second-order valence-corrected chi connectivity index (χ2v) is 6.18. The maximum Gasteiger partial charge on any atom is 0.228 e. The maximum atomic E-state index is 13.3. The van der Waals surface area contributed by atoms with E-state index in [4.69, 9.17) is 11.6 Å². The van der Waals surface area contributed by atoms with Crippen molar-refractivity contribution in [3.63, 3.8) is 0 Å². The summed E-state index contributed by atoms with van der Waals surface area (Å²) >= 11 is 6.03. The van der Waals surface area contributed by atoms with Gasteiger partial charge in [-0.2, -0.15) is 0 Å². The van der Waals surface area contributed by atoms with Gasteiger partial charge < -0.3 is 5.32 Å². The summed E-state index contributed by atoms with van der Waals surface area (Å²) in [4.78, 5) is 25.1. The molecular formula is C21H15ClFNO2. The van der Waals surface area contributed by atoms with Gasteiger partial charge >= 0.3 is 0 Å². The SMILES string of the molecule is O=C(Cc1cccc(F)c1)Nc1ccc(Cl)cc1C(=O)c1ccccc1. The molecule has 3 aromatic rings. The molecule has 0 aliphatic heterocycles. The molecule has 0 unspecified atom stereocenters. The first-order valence-corrected chi connectivity index (χ1v) is 8.34. The van der Waals surface area contributed by atoms with E-state index in [9.17, 15) is 14.0 Å². The minimum atomic E-state index is -0.401. The van der Waals surface area contributed by atoms with E-state index in [2.05, 4.69) is 5.32 Å². The van der Waals surface area contributed by atoms with Crippen LogP contribution in [0.15, 0.2) is 72.8 Å². The molecule has 3 aromatic carbocycles. The summed E-state index contributed by atoms with van der Waals surface area (Å²) in [6, 6.07) is 19.3. The topological polar surface area (TPSA) is 46.2 Å². The molecule has 0 bridgehead atoms. The number of benzene rings is 3. The molecule has 3 rings (SSSR count). The van der Waals surface area contributed by atoms with Crippen LogP contribution in [0.5, 0.6) is 0 Å². The summed E-state index contributed by atoms with van der Waals surface area (Å²) < 4.78 is 13.3. The first kappa shape index (κ1) is 17.8. The van der Waals surface area contributed by atoms with Crippen LogP contribution in [-0.4, -0.2) is 11.7 Å². The van der Waals surface area contributed by atoms with Crippen LogP contribution < -0.4 is 5.32 Å². The average Bonchev–Trinajstić information content (AvgIpc) is 2.63. The Kier molecular flexibility index (Phi) is 5.44. The molecule has 5 heteroatoms. The zero-order valence-electron chi connectivity index (χ0n) is 13.7. The van der Waals surface area contributed by atoms with Crippen LogP contribution in [0.4, 0.5) is 10.1 Å². The Morgan fingerprint density at radius 2 is 1.69 bits per heavy atom. The van der Waals surface area contributed by atoms with E-state index in [1.54, 1.807) is 48.5 Å². The van der Waals surface area contributed by atoms with Gasteiger partial charge in [-0.15, -0.1) is 0 Å². The van der Waals surface area contributed by atoms with E-state index >= 15 is 0 Å². The van der Waals surface area contributed by atoms with Gasteiger partial charge in [-0.3, -0.25) is 9.59 Å². The number of carbonyl (C=O) groups is 2. The van der Waals surface area contributed by atoms with Gasteiger partial charge in [0.15, 0.2) is 5.78 Å². The zero-order valence-corrected chi connectivity index (χ0v) is 14.5. The van der Waals surface area contributed by atoms with Crippen LogP contribution in [0.1, 0.15) is 21.5 Å². The van der Waals surface area contributed by atoms with E-state index in [1.165, 1.54) is 18.2 Å². The maximum absolute atomic E-state index is 13.3. The monoisotopic (exact) mass is 367 g/mol. The lowest BCUT2D eigenvalue weighted by atomic mass is 10.0. The molecule has 130 valence electrons. The predicted octanol–water partition coefficient (Wildman–Crippen LogP) is 4.89. The van der Waals surface area contributed by atoms with Crippen molar-refractivity contribution in [1.82, 2.24) is 0 Å². The average molecular weight is 368 g/mol. The molecule has 0 aromatic heterocycles. The molecule has 26 heavy (non-hydrogen) atoms. The minimum Gasteiger partial charge on any atom is -0.325 e. The third-order valence-electron chi connectivity index (χ3n) is 3.79. The van der Waals surface area contributed by atoms with Gasteiger partial charge in [-0.25, -0.2) is 4.39 Å². The van der Waals surface area contributed by atoms with E-state index < -0.39 is 5.82 Å². The Morgan fingerprint density at radius 3 is 2.42 bits per heavy atom. The highest BCUT2D eigenvalue weighted by Crippen LogP contribution is 2.24. The zero-order chi connectivity index (χ0) is 18.5. The van der Waals surface area contributed by atoms with Crippen molar-refractivity contribution in [3.05, 3.63) is 100 Å². The largest absolute Gasteiger partial charge is 0.325 e. The molecule has 0 spiro atoms. The molecule has 0 aliphatic carbocycles. The third-order valence-corrected chi connectivity index (χ3v) is 4.03. The van der Waals surface area contributed by atoms with Crippen LogP contribution in [0.3, 0.4) is 0 Å². The van der Waals surface area contributed by atoms with E-state index in [1.807, 2.05) is 6.07 Å². The molecule has 1 amide bonds. The van der Waals surface area contributed by atoms with E-state index in [-0.39, 0.29) is 18.1 Å². The quantitative estimate of drug-likeness (QED) is 0.652. The van der Waals surface area contributed by atoms with Gasteiger partial charge in [0.1, 0.15) is 5.82 Å². The molecule has 0 heterocycles. The van der Waals surface area contributed by atoms with Crippen LogP contribution in [0, 0.1) is 5.82 Å². The number of ketones is 1. The Balaban J connectivity index is 1.84. The van der Waals surface area contributed by atoms with Crippen molar-refractivity contribution in [2.24, 2.45) is 0 Å². The van der Waals surface area contributed by atoms with Gasteiger partial charge in [-0.05, 0) is 35.9 Å². The van der Waals surface area contributed by atoms with Crippen molar-refractivity contribution in [3.8, 4) is 0 Å². The summed E-state index contributed by atoms with van der Waals surface area (Å²) in [5, 5.41) is 3.11. The number of carbonyl (C=O) groups excluding carboxylic acids is 2. The minimum absolute atomic E-state index is 0.000641. The van der Waals surface area contributed by atoms with Gasteiger partial charge in [-0.1, -0.05) is 54.1 Å². The summed E-state index contributed by atoms with van der Waals surface area (Å²) in [6.45, 7) is 0. The summed E-state index contributed by atoms with van der Waals surface area (Å²) in [5.41, 5.74) is 1.71. The molecule has 3 nitrogen and oxygen atoms in total. The molecular weight excluding hydrogens is 353 g/mol. The first-order chi connectivity index (χ1) is 12.5. The number of hydrogen-bond acceptors (Lipinski definition) is 2. The standard InChI is InChI=1S/C21H15ClFNO2/c22-16-9-10-19(18(13-16)21(26)15-6-2-1-3-7-15)24-20(25)12-14-5-4-8-17(23)11-14/h1-11,13H,12H2,(H,24,25). The van der Waals surface area contributed by atoms with Crippen molar-refractivity contribution in [1.29, 1.82) is 0 Å². The lowest BCUT2D eigenvalue weighted by Gasteiger charge is -2.11. The number of hydrogen-bond donors (Lipinski definition) is 1. The highest BCUT2D eigenvalue weighted by atomic mass is 35.5. The Labute approximate surface area is 155 Å².